The maximum atomic E-state index is 13.4. The Hall–Kier alpha value is -5.54. The summed E-state index contributed by atoms with van der Waals surface area (Å²) in [6, 6.07) is 37.3. The fourth-order valence-corrected chi connectivity index (χ4v) is 6.35. The number of imidazole rings is 1. The standard InChI is InChI=1S/C41H44N4O5/c1-40(2,3)31-22-20-30(21-23-31)25-44(28-38(47)48)27-37(46)43-36(39(49)50-4)24-35-26-45(29-42-35)41(32-14-8-5-9-15-32,33-16-10-6-11-17-33)34-18-12-7-13-19-34/h5-23,26,29,36H,24-25,27-28H2,1-4H3,(H,43,46)(H,47,48)/t36-/m0/s1. The first-order valence-corrected chi connectivity index (χ1v) is 16.6. The second kappa shape index (κ2) is 15.8. The second-order valence-electron chi connectivity index (χ2n) is 13.4. The number of benzene rings is 4. The van der Waals surface area contributed by atoms with Crippen molar-refractivity contribution in [3.63, 3.8) is 0 Å². The lowest BCUT2D eigenvalue weighted by molar-refractivity contribution is -0.145. The van der Waals surface area contributed by atoms with Gasteiger partial charge in [-0.3, -0.25) is 14.5 Å². The molecule has 0 fully saturated rings. The van der Waals surface area contributed by atoms with Gasteiger partial charge in [-0.25, -0.2) is 9.78 Å². The van der Waals surface area contributed by atoms with E-state index < -0.39 is 29.4 Å². The Morgan fingerprint density at radius 3 is 1.76 bits per heavy atom. The van der Waals surface area contributed by atoms with Gasteiger partial charge < -0.3 is 19.7 Å². The van der Waals surface area contributed by atoms with Crippen molar-refractivity contribution in [2.75, 3.05) is 20.2 Å². The number of nitrogens with zero attached hydrogens (tertiary/aromatic N) is 3. The van der Waals surface area contributed by atoms with Gasteiger partial charge in [-0.05, 0) is 33.2 Å². The molecule has 0 saturated carbocycles. The van der Waals surface area contributed by atoms with Crippen LogP contribution in [0.1, 0.15) is 54.3 Å². The zero-order valence-corrected chi connectivity index (χ0v) is 29.0. The third-order valence-electron chi connectivity index (χ3n) is 8.78. The van der Waals surface area contributed by atoms with Gasteiger partial charge in [0.25, 0.3) is 0 Å². The summed E-state index contributed by atoms with van der Waals surface area (Å²) in [4.78, 5) is 44.3. The Kier molecular flexibility index (Phi) is 11.3. The van der Waals surface area contributed by atoms with Crippen LogP contribution in [0.3, 0.4) is 0 Å². The first-order valence-electron chi connectivity index (χ1n) is 16.6. The second-order valence-corrected chi connectivity index (χ2v) is 13.4. The van der Waals surface area contributed by atoms with Gasteiger partial charge in [0.05, 0.1) is 32.2 Å². The topological polar surface area (TPSA) is 114 Å². The number of carboxylic acids is 1. The number of hydrogen-bond acceptors (Lipinski definition) is 6. The summed E-state index contributed by atoms with van der Waals surface area (Å²) < 4.78 is 7.12. The molecule has 50 heavy (non-hydrogen) atoms. The number of aliphatic carboxylic acids is 1. The number of hydrogen-bond donors (Lipinski definition) is 2. The minimum Gasteiger partial charge on any atom is -0.480 e. The highest BCUT2D eigenvalue weighted by molar-refractivity contribution is 5.86. The van der Waals surface area contributed by atoms with E-state index in [2.05, 4.69) is 62.5 Å². The van der Waals surface area contributed by atoms with E-state index in [4.69, 9.17) is 9.72 Å². The van der Waals surface area contributed by atoms with Crippen molar-refractivity contribution in [1.82, 2.24) is 19.8 Å². The maximum Gasteiger partial charge on any atom is 0.328 e. The highest BCUT2D eigenvalue weighted by atomic mass is 16.5. The molecule has 0 aliphatic carbocycles. The number of ether oxygens (including phenoxy) is 1. The first kappa shape index (κ1) is 35.8. The van der Waals surface area contributed by atoms with Crippen LogP contribution in [0, 0.1) is 0 Å². The molecule has 2 N–H and O–H groups in total. The van der Waals surface area contributed by atoms with E-state index in [9.17, 15) is 19.5 Å². The van der Waals surface area contributed by atoms with Crippen molar-refractivity contribution in [3.8, 4) is 0 Å². The van der Waals surface area contributed by atoms with E-state index in [0.717, 1.165) is 27.8 Å². The van der Waals surface area contributed by atoms with Crippen LogP contribution in [-0.2, 0) is 43.0 Å². The Labute approximate surface area is 293 Å². The van der Waals surface area contributed by atoms with Crippen molar-refractivity contribution < 1.29 is 24.2 Å². The van der Waals surface area contributed by atoms with Gasteiger partial charge >= 0.3 is 11.9 Å². The SMILES string of the molecule is COC(=O)[C@H](Cc1cn(C(c2ccccc2)(c2ccccc2)c2ccccc2)cn1)NC(=O)CN(CC(=O)O)Cc1ccc(C(C)(C)C)cc1. The van der Waals surface area contributed by atoms with Gasteiger partial charge in [-0.15, -0.1) is 0 Å². The van der Waals surface area contributed by atoms with Crippen LogP contribution in [0.25, 0.3) is 0 Å². The van der Waals surface area contributed by atoms with Crippen molar-refractivity contribution in [2.45, 2.75) is 50.7 Å². The Bertz CT molecular complexity index is 1770. The lowest BCUT2D eigenvalue weighted by Crippen LogP contribution is -2.47. The average Bonchev–Trinajstić information content (AvgIpc) is 3.57. The average molecular weight is 673 g/mol. The molecule has 9 heteroatoms. The van der Waals surface area contributed by atoms with E-state index in [1.54, 1.807) is 6.33 Å². The number of esters is 1. The summed E-state index contributed by atoms with van der Waals surface area (Å²) in [7, 11) is 1.27. The van der Waals surface area contributed by atoms with Gasteiger partial charge in [0.1, 0.15) is 11.6 Å². The van der Waals surface area contributed by atoms with Crippen LogP contribution in [0.5, 0.6) is 0 Å². The third kappa shape index (κ3) is 8.36. The van der Waals surface area contributed by atoms with Crippen molar-refractivity contribution in [3.05, 3.63) is 161 Å². The molecule has 0 bridgehead atoms. The smallest absolute Gasteiger partial charge is 0.328 e. The number of methoxy groups -OCH3 is 1. The van der Waals surface area contributed by atoms with Gasteiger partial charge in [0.15, 0.2) is 0 Å². The number of aromatic nitrogens is 2. The lowest BCUT2D eigenvalue weighted by atomic mass is 9.77. The Morgan fingerprint density at radius 2 is 1.30 bits per heavy atom. The quantitative estimate of drug-likeness (QED) is 0.113. The summed E-state index contributed by atoms with van der Waals surface area (Å²) in [6.07, 6.45) is 3.71. The molecule has 5 rings (SSSR count). The molecular weight excluding hydrogens is 628 g/mol. The number of carbonyl (C=O) groups is 3. The van der Waals surface area contributed by atoms with E-state index in [0.29, 0.717) is 5.69 Å². The highest BCUT2D eigenvalue weighted by Gasteiger charge is 2.38. The molecule has 5 aromatic rings. The monoisotopic (exact) mass is 672 g/mol. The van der Waals surface area contributed by atoms with Gasteiger partial charge in [0, 0.05) is 19.2 Å². The summed E-state index contributed by atoms with van der Waals surface area (Å²) >= 11 is 0. The van der Waals surface area contributed by atoms with Gasteiger partial charge in [0.2, 0.25) is 5.91 Å². The number of carbonyl (C=O) groups excluding carboxylic acids is 2. The molecule has 0 aliphatic heterocycles. The van der Waals surface area contributed by atoms with Crippen molar-refractivity contribution in [1.29, 1.82) is 0 Å². The molecule has 0 radical (unpaired) electrons. The summed E-state index contributed by atoms with van der Waals surface area (Å²) in [5.41, 5.74) is 4.84. The van der Waals surface area contributed by atoms with Crippen LogP contribution < -0.4 is 5.32 Å². The fourth-order valence-electron chi connectivity index (χ4n) is 6.35. The first-order chi connectivity index (χ1) is 24.0. The predicted octanol–water partition coefficient (Wildman–Crippen LogP) is 5.81. The number of nitrogens with one attached hydrogen (secondary N) is 1. The van der Waals surface area contributed by atoms with Crippen molar-refractivity contribution in [2.24, 2.45) is 0 Å². The molecule has 1 amide bonds. The molecule has 1 heterocycles. The molecule has 0 unspecified atom stereocenters. The summed E-state index contributed by atoms with van der Waals surface area (Å²) in [5.74, 6) is -2.19. The highest BCUT2D eigenvalue weighted by Crippen LogP contribution is 2.40. The van der Waals surface area contributed by atoms with Crippen LogP contribution in [0.15, 0.2) is 128 Å². The lowest BCUT2D eigenvalue weighted by Gasteiger charge is -2.37. The molecular formula is C41H44N4O5. The van der Waals surface area contributed by atoms with Crippen LogP contribution in [0.2, 0.25) is 0 Å². The van der Waals surface area contributed by atoms with Crippen LogP contribution >= 0.6 is 0 Å². The zero-order valence-electron chi connectivity index (χ0n) is 29.0. The molecule has 0 aliphatic rings. The number of rotatable bonds is 14. The maximum absolute atomic E-state index is 13.4. The molecule has 4 aromatic carbocycles. The molecule has 1 aromatic heterocycles. The predicted molar refractivity (Wildman–Crippen MR) is 193 cm³/mol. The molecule has 0 spiro atoms. The van der Waals surface area contributed by atoms with E-state index in [-0.39, 0.29) is 31.5 Å². The summed E-state index contributed by atoms with van der Waals surface area (Å²) in [5, 5.41) is 12.4. The number of amides is 1. The summed E-state index contributed by atoms with van der Waals surface area (Å²) in [6.45, 7) is 6.04. The van der Waals surface area contributed by atoms with Gasteiger partial charge in [-0.2, -0.15) is 0 Å². The minimum absolute atomic E-state index is 0.0238. The largest absolute Gasteiger partial charge is 0.480 e. The van der Waals surface area contributed by atoms with Crippen molar-refractivity contribution >= 4 is 17.8 Å². The third-order valence-corrected chi connectivity index (χ3v) is 8.78. The zero-order chi connectivity index (χ0) is 35.7. The van der Waals surface area contributed by atoms with Crippen LogP contribution in [-0.4, -0.2) is 63.6 Å². The minimum atomic E-state index is -1.06. The fraction of sp³-hybridized carbons (Fsp3) is 0.268. The Morgan fingerprint density at radius 1 is 0.780 bits per heavy atom. The number of carboxylic acid groups (broad SMARTS) is 1. The van der Waals surface area contributed by atoms with Crippen LogP contribution in [0.4, 0.5) is 0 Å². The Balaban J connectivity index is 1.41. The van der Waals surface area contributed by atoms with E-state index >= 15 is 0 Å². The van der Waals surface area contributed by atoms with E-state index in [1.165, 1.54) is 12.0 Å². The molecule has 258 valence electrons. The normalized spacial score (nSPS) is 12.3. The molecule has 9 nitrogen and oxygen atoms in total. The van der Waals surface area contributed by atoms with E-state index in [1.807, 2.05) is 89.6 Å². The van der Waals surface area contributed by atoms with Gasteiger partial charge in [-0.1, -0.05) is 136 Å². The molecule has 0 saturated heterocycles. The molecule has 1 atom stereocenters.